The summed E-state index contributed by atoms with van der Waals surface area (Å²) in [5.41, 5.74) is -2.59. The van der Waals surface area contributed by atoms with Crippen LogP contribution in [-0.2, 0) is 11.0 Å². The zero-order valence-electron chi connectivity index (χ0n) is 26.1. The van der Waals surface area contributed by atoms with Gasteiger partial charge in [-0.2, -0.15) is 18.2 Å². The van der Waals surface area contributed by atoms with E-state index in [9.17, 15) is 27.2 Å². The lowest BCUT2D eigenvalue weighted by atomic mass is 9.95. The molecule has 0 bridgehead atoms. The van der Waals surface area contributed by atoms with Crippen LogP contribution in [0.3, 0.4) is 0 Å². The Morgan fingerprint density at radius 3 is 2.45 bits per heavy atom. The number of thioether (sulfide) groups is 1. The molecule has 2 aromatic carbocycles. The molecule has 1 aromatic heterocycles. The molecule has 4 heterocycles. The SMILES string of the molecule is C=CC(=O)N1C[C@H](C)N(c2nc(=O)n3c4c(c(-c5cc(Cl)c(F)cc5F)c(C(F)(F)F)cc24)SCC3CN2CCN(C)CC2)C[C@H]1C. The summed E-state index contributed by atoms with van der Waals surface area (Å²) in [5, 5.41) is -0.444. The van der Waals surface area contributed by atoms with Crippen molar-refractivity contribution >= 4 is 46.0 Å². The zero-order valence-corrected chi connectivity index (χ0v) is 27.7. The number of anilines is 1. The van der Waals surface area contributed by atoms with Crippen LogP contribution in [0.4, 0.5) is 27.8 Å². The predicted molar refractivity (Wildman–Crippen MR) is 173 cm³/mol. The molecule has 1 amide bonds. The minimum Gasteiger partial charge on any atom is -0.349 e. The molecule has 0 aliphatic carbocycles. The van der Waals surface area contributed by atoms with Crippen molar-refractivity contribution in [2.75, 3.05) is 63.5 Å². The summed E-state index contributed by atoms with van der Waals surface area (Å²) < 4.78 is 76.0. The molecule has 0 spiro atoms. The van der Waals surface area contributed by atoms with Crippen molar-refractivity contribution in [1.29, 1.82) is 0 Å². The van der Waals surface area contributed by atoms with Crippen LogP contribution >= 0.6 is 23.4 Å². The Bertz CT molecular complexity index is 1810. The molecule has 0 N–H and O–H groups in total. The molecular weight excluding hydrogens is 663 g/mol. The highest BCUT2D eigenvalue weighted by atomic mass is 35.5. The smallest absolute Gasteiger partial charge is 0.349 e. The number of hydrogen-bond acceptors (Lipinski definition) is 7. The van der Waals surface area contributed by atoms with Crippen LogP contribution in [0.1, 0.15) is 25.5 Å². The summed E-state index contributed by atoms with van der Waals surface area (Å²) in [5.74, 6) is -2.29. The molecule has 3 aliphatic rings. The van der Waals surface area contributed by atoms with Gasteiger partial charge in [-0.05, 0) is 39.1 Å². The number of amides is 1. The second kappa shape index (κ2) is 12.7. The van der Waals surface area contributed by atoms with Crippen LogP contribution in [0.5, 0.6) is 0 Å². The first-order valence-electron chi connectivity index (χ1n) is 15.3. The minimum absolute atomic E-state index is 0.0490. The van der Waals surface area contributed by atoms with Crippen molar-refractivity contribution in [3.05, 3.63) is 63.6 Å². The third-order valence-corrected chi connectivity index (χ3v) is 10.8. The molecule has 1 unspecified atom stereocenters. The topological polar surface area (TPSA) is 64.9 Å². The number of halogens is 6. The highest BCUT2D eigenvalue weighted by molar-refractivity contribution is 7.99. The average molecular weight is 697 g/mol. The first kappa shape index (κ1) is 33.7. The second-order valence-corrected chi connectivity index (χ2v) is 13.9. The highest BCUT2D eigenvalue weighted by Gasteiger charge is 2.41. The summed E-state index contributed by atoms with van der Waals surface area (Å²) in [6, 6.07) is 1.04. The largest absolute Gasteiger partial charge is 0.417 e. The summed E-state index contributed by atoms with van der Waals surface area (Å²) in [4.78, 5) is 38.8. The molecule has 15 heteroatoms. The Labute approximate surface area is 277 Å². The summed E-state index contributed by atoms with van der Waals surface area (Å²) in [6.07, 6.45) is -3.75. The molecule has 8 nitrogen and oxygen atoms in total. The van der Waals surface area contributed by atoms with Gasteiger partial charge in [0.2, 0.25) is 5.91 Å². The van der Waals surface area contributed by atoms with Gasteiger partial charge < -0.3 is 14.7 Å². The zero-order chi connectivity index (χ0) is 33.9. The van der Waals surface area contributed by atoms with Crippen molar-refractivity contribution in [2.24, 2.45) is 0 Å². The Hall–Kier alpha value is -3.20. The molecule has 3 aromatic rings. The molecule has 252 valence electrons. The number of rotatable bonds is 5. The molecule has 0 saturated carbocycles. The Morgan fingerprint density at radius 1 is 1.09 bits per heavy atom. The van der Waals surface area contributed by atoms with E-state index in [4.69, 9.17) is 11.6 Å². The van der Waals surface area contributed by atoms with Crippen LogP contribution in [0.2, 0.25) is 5.02 Å². The van der Waals surface area contributed by atoms with Gasteiger partial charge in [-0.25, -0.2) is 13.6 Å². The Morgan fingerprint density at radius 2 is 1.79 bits per heavy atom. The lowest BCUT2D eigenvalue weighted by Crippen LogP contribution is -2.58. The van der Waals surface area contributed by atoms with Gasteiger partial charge in [0, 0.05) is 91.1 Å². The van der Waals surface area contributed by atoms with Crippen molar-refractivity contribution < 1.29 is 26.7 Å². The van der Waals surface area contributed by atoms with E-state index in [2.05, 4.69) is 21.4 Å². The number of carbonyl (C=O) groups is 1. The van der Waals surface area contributed by atoms with Crippen LogP contribution in [0, 0.1) is 11.6 Å². The molecule has 2 fully saturated rings. The summed E-state index contributed by atoms with van der Waals surface area (Å²) in [6.45, 7) is 11.3. The normalized spacial score (nSPS) is 22.6. The maximum Gasteiger partial charge on any atom is 0.417 e. The lowest BCUT2D eigenvalue weighted by Gasteiger charge is -2.45. The quantitative estimate of drug-likeness (QED) is 0.198. The fraction of sp³-hybridized carbons (Fsp3) is 0.469. The van der Waals surface area contributed by atoms with Gasteiger partial charge in [0.1, 0.15) is 17.5 Å². The van der Waals surface area contributed by atoms with Gasteiger partial charge in [0.25, 0.3) is 0 Å². The van der Waals surface area contributed by atoms with E-state index in [1.807, 2.05) is 7.05 Å². The van der Waals surface area contributed by atoms with Crippen molar-refractivity contribution in [1.82, 2.24) is 24.3 Å². The van der Waals surface area contributed by atoms with Crippen LogP contribution in [0.25, 0.3) is 22.0 Å². The monoisotopic (exact) mass is 696 g/mol. The fourth-order valence-corrected chi connectivity index (χ4v) is 8.31. The van der Waals surface area contributed by atoms with Crippen molar-refractivity contribution in [3.8, 4) is 11.1 Å². The number of nitrogens with zero attached hydrogens (tertiary/aromatic N) is 6. The van der Waals surface area contributed by atoms with Crippen LogP contribution in [0.15, 0.2) is 40.5 Å². The van der Waals surface area contributed by atoms with Gasteiger partial charge >= 0.3 is 11.9 Å². The number of hydrogen-bond donors (Lipinski definition) is 0. The minimum atomic E-state index is -4.96. The number of likely N-dealkylation sites (N-methyl/N-ethyl adjacent to an activating group) is 1. The second-order valence-electron chi connectivity index (χ2n) is 12.5. The molecule has 47 heavy (non-hydrogen) atoms. The number of alkyl halides is 3. The van der Waals surface area contributed by atoms with Gasteiger partial charge in [-0.15, -0.1) is 11.8 Å². The molecule has 6 rings (SSSR count). The first-order chi connectivity index (χ1) is 22.2. The van der Waals surface area contributed by atoms with E-state index in [1.54, 1.807) is 23.6 Å². The predicted octanol–water partition coefficient (Wildman–Crippen LogP) is 5.52. The number of benzene rings is 2. The van der Waals surface area contributed by atoms with E-state index in [0.717, 1.165) is 50.1 Å². The van der Waals surface area contributed by atoms with Gasteiger partial charge in [0.15, 0.2) is 0 Å². The standard InChI is InChI=1S/C32H34ClF5N6O2S/c1-5-26(45)42-13-18(3)43(14-17(42)2)30-21-10-22(32(36,37)38)27(20-11-23(33)25(35)12-24(20)34)29-28(21)44(31(46)39-30)19(16-47-29)15-41-8-6-40(4)7-9-41/h5,10-12,17-19H,1,6-9,13-16H2,2-4H3/t17-,18+,19?/m1/s1. The van der Waals surface area contributed by atoms with Gasteiger partial charge in [-0.3, -0.25) is 14.3 Å². The molecule has 2 saturated heterocycles. The number of piperazine rings is 2. The van der Waals surface area contributed by atoms with Crippen molar-refractivity contribution in [2.45, 2.75) is 43.0 Å². The number of aromatic nitrogens is 2. The highest BCUT2D eigenvalue weighted by Crippen LogP contribution is 2.51. The Balaban J connectivity index is 1.61. The summed E-state index contributed by atoms with van der Waals surface area (Å²) in [7, 11) is 2.02. The molecule has 3 atom stereocenters. The van der Waals surface area contributed by atoms with Gasteiger partial charge in [-0.1, -0.05) is 18.2 Å². The fourth-order valence-electron chi connectivity index (χ4n) is 6.82. The van der Waals surface area contributed by atoms with E-state index < -0.39 is 57.3 Å². The molecule has 3 aliphatic heterocycles. The van der Waals surface area contributed by atoms with E-state index >= 15 is 4.39 Å². The number of carbonyl (C=O) groups excluding carboxylic acids is 1. The maximum atomic E-state index is 15.4. The van der Waals surface area contributed by atoms with Gasteiger partial charge in [0.05, 0.1) is 22.1 Å². The molecular formula is C32H34ClF5N6O2S. The van der Waals surface area contributed by atoms with Crippen LogP contribution < -0.4 is 10.6 Å². The average Bonchev–Trinajstić information content (AvgIpc) is 3.02. The van der Waals surface area contributed by atoms with E-state index in [-0.39, 0.29) is 52.4 Å². The summed E-state index contributed by atoms with van der Waals surface area (Å²) >= 11 is 7.10. The van der Waals surface area contributed by atoms with E-state index in [0.29, 0.717) is 12.6 Å². The Kier molecular flexibility index (Phi) is 9.09. The molecule has 0 radical (unpaired) electrons. The third kappa shape index (κ3) is 6.13. The first-order valence-corrected chi connectivity index (χ1v) is 16.6. The van der Waals surface area contributed by atoms with E-state index in [1.165, 1.54) is 10.6 Å². The maximum absolute atomic E-state index is 15.4. The van der Waals surface area contributed by atoms with Crippen LogP contribution in [-0.4, -0.2) is 101 Å². The third-order valence-electron chi connectivity index (χ3n) is 9.30. The lowest BCUT2D eigenvalue weighted by molar-refractivity contribution is -0.137. The van der Waals surface area contributed by atoms with Crippen molar-refractivity contribution in [3.63, 3.8) is 0 Å².